The number of hydrogen-bond donors (Lipinski definition) is 1. The average molecular weight is 384 g/mol. The Morgan fingerprint density at radius 1 is 0.720 bits per heavy atom. The van der Waals surface area contributed by atoms with Crippen molar-refractivity contribution in [2.24, 2.45) is 0 Å². The lowest BCUT2D eigenvalue weighted by molar-refractivity contribution is -0.325. The van der Waals surface area contributed by atoms with E-state index in [4.69, 9.17) is 5.11 Å². The van der Waals surface area contributed by atoms with Gasteiger partial charge in [0.05, 0.1) is 0 Å². The van der Waals surface area contributed by atoms with Gasteiger partial charge < -0.3 is 5.11 Å². The molecule has 0 heterocycles. The third-order valence-corrected chi connectivity index (χ3v) is 3.72. The number of allylic oxidation sites excluding steroid dienone is 2. The van der Waals surface area contributed by atoms with E-state index in [-0.39, 0.29) is 13.0 Å². The van der Waals surface area contributed by atoms with Gasteiger partial charge in [-0.3, -0.25) is 0 Å². The average Bonchev–Trinajstić information content (AvgIpc) is 2.52. The zero-order valence-corrected chi connectivity index (χ0v) is 13.8. The van der Waals surface area contributed by atoms with E-state index in [1.165, 1.54) is 0 Å². The van der Waals surface area contributed by atoms with Gasteiger partial charge in [-0.15, -0.1) is 0 Å². The zero-order valence-electron chi connectivity index (χ0n) is 13.8. The molecule has 25 heavy (non-hydrogen) atoms. The second-order valence-corrected chi connectivity index (χ2v) is 5.86. The zero-order chi connectivity index (χ0) is 19.6. The lowest BCUT2D eigenvalue weighted by Crippen LogP contribution is -2.56. The number of alkyl halides is 8. The van der Waals surface area contributed by atoms with E-state index in [2.05, 4.69) is 0 Å². The summed E-state index contributed by atoms with van der Waals surface area (Å²) in [5.74, 6) is -17.6. The summed E-state index contributed by atoms with van der Waals surface area (Å²) in [7, 11) is 0. The third kappa shape index (κ3) is 7.50. The van der Waals surface area contributed by atoms with Crippen molar-refractivity contribution in [3.8, 4) is 0 Å². The van der Waals surface area contributed by atoms with Gasteiger partial charge in [-0.25, -0.2) is 8.78 Å². The highest BCUT2D eigenvalue weighted by molar-refractivity contribution is 5.08. The van der Waals surface area contributed by atoms with Crippen molar-refractivity contribution in [1.82, 2.24) is 0 Å². The molecule has 9 heteroatoms. The van der Waals surface area contributed by atoms with Crippen LogP contribution in [0.15, 0.2) is 12.2 Å². The Kier molecular flexibility index (Phi) is 10.6. The van der Waals surface area contributed by atoms with E-state index in [0.29, 0.717) is 18.9 Å². The summed E-state index contributed by atoms with van der Waals surface area (Å²) in [5, 5.41) is 8.58. The predicted molar refractivity (Wildman–Crippen MR) is 78.6 cm³/mol. The maximum absolute atomic E-state index is 13.2. The fourth-order valence-corrected chi connectivity index (χ4v) is 2.13. The van der Waals surface area contributed by atoms with Crippen LogP contribution < -0.4 is 0 Å². The number of aliphatic hydroxyl groups is 1. The topological polar surface area (TPSA) is 20.2 Å². The third-order valence-electron chi connectivity index (χ3n) is 3.72. The first-order valence-electron chi connectivity index (χ1n) is 8.21. The molecule has 0 aromatic carbocycles. The molecule has 0 fully saturated rings. The van der Waals surface area contributed by atoms with E-state index < -0.39 is 30.3 Å². The Bertz CT molecular complexity index is 382. The van der Waals surface area contributed by atoms with Crippen LogP contribution in [0.3, 0.4) is 0 Å². The van der Waals surface area contributed by atoms with Crippen LogP contribution in [0.25, 0.3) is 0 Å². The summed E-state index contributed by atoms with van der Waals surface area (Å²) in [4.78, 5) is 0. The minimum atomic E-state index is -6.17. The normalized spacial score (nSPS) is 14.0. The first kappa shape index (κ1) is 24.1. The summed E-state index contributed by atoms with van der Waals surface area (Å²) in [6, 6.07) is 0. The van der Waals surface area contributed by atoms with E-state index in [0.717, 1.165) is 38.5 Å². The minimum Gasteiger partial charge on any atom is -0.396 e. The number of hydrogen-bond acceptors (Lipinski definition) is 1. The summed E-state index contributed by atoms with van der Waals surface area (Å²) < 4.78 is 101. The highest BCUT2D eigenvalue weighted by Crippen LogP contribution is 2.49. The van der Waals surface area contributed by atoms with Gasteiger partial charge in [-0.2, -0.15) is 26.3 Å². The molecule has 1 nitrogen and oxygen atoms in total. The molecule has 0 atom stereocenters. The number of halogens is 8. The van der Waals surface area contributed by atoms with Crippen molar-refractivity contribution in [2.45, 2.75) is 82.0 Å². The Labute approximate surface area is 142 Å². The molecule has 0 aromatic heterocycles. The molecule has 0 unspecified atom stereocenters. The summed E-state index contributed by atoms with van der Waals surface area (Å²) in [6.45, 7) is 0.152. The van der Waals surface area contributed by atoms with Crippen molar-refractivity contribution >= 4 is 0 Å². The molecule has 0 radical (unpaired) electrons. The summed E-state index contributed by atoms with van der Waals surface area (Å²) >= 11 is 0. The largest absolute Gasteiger partial charge is 0.396 e. The molecule has 0 saturated heterocycles. The number of unbranched alkanes of at least 4 members (excludes halogenated alkanes) is 8. The molecule has 1 N–H and O–H groups in total. The fourth-order valence-electron chi connectivity index (χ4n) is 2.13. The molecule has 150 valence electrons. The smallest absolute Gasteiger partial charge is 0.381 e. The Balaban J connectivity index is 4.15. The van der Waals surface area contributed by atoms with Gasteiger partial charge in [-0.05, 0) is 25.3 Å². The molecule has 0 aliphatic carbocycles. The second-order valence-electron chi connectivity index (χ2n) is 5.86. The van der Waals surface area contributed by atoms with Crippen molar-refractivity contribution in [3.05, 3.63) is 12.2 Å². The second kappa shape index (κ2) is 11.0. The predicted octanol–water partition coefficient (Wildman–Crippen LogP) is 6.22. The SMILES string of the molecule is OCCCCCCCCCC/C=C/C(F)(F)C(F)(F)C(F)(F)C(F)F. The number of rotatable bonds is 14. The van der Waals surface area contributed by atoms with E-state index in [9.17, 15) is 35.1 Å². The van der Waals surface area contributed by atoms with E-state index >= 15 is 0 Å². The monoisotopic (exact) mass is 384 g/mol. The lowest BCUT2D eigenvalue weighted by atomic mass is 10.0. The summed E-state index contributed by atoms with van der Waals surface area (Å²) in [5.41, 5.74) is 0. The van der Waals surface area contributed by atoms with Gasteiger partial charge in [0.2, 0.25) is 0 Å². The molecule has 0 rings (SSSR count). The molecular weight excluding hydrogens is 360 g/mol. The van der Waals surface area contributed by atoms with Crippen LogP contribution >= 0.6 is 0 Å². The molecule has 0 bridgehead atoms. The molecule has 0 spiro atoms. The molecular formula is C16H24F8O. The Hall–Kier alpha value is -0.860. The summed E-state index contributed by atoms with van der Waals surface area (Å²) in [6.07, 6.45) is 1.65. The number of aliphatic hydroxyl groups excluding tert-OH is 1. The molecule has 0 saturated carbocycles. The van der Waals surface area contributed by atoms with Crippen LogP contribution in [0.2, 0.25) is 0 Å². The van der Waals surface area contributed by atoms with Gasteiger partial charge in [0.15, 0.2) is 0 Å². The first-order chi connectivity index (χ1) is 11.5. The highest BCUT2D eigenvalue weighted by Gasteiger charge is 2.74. The Morgan fingerprint density at radius 2 is 1.16 bits per heavy atom. The fraction of sp³-hybridized carbons (Fsp3) is 0.875. The lowest BCUT2D eigenvalue weighted by Gasteiger charge is -2.30. The van der Waals surface area contributed by atoms with Crippen LogP contribution in [0.1, 0.15) is 57.8 Å². The van der Waals surface area contributed by atoms with Crippen LogP contribution in [0.5, 0.6) is 0 Å². The Morgan fingerprint density at radius 3 is 1.60 bits per heavy atom. The van der Waals surface area contributed by atoms with E-state index in [1.54, 1.807) is 0 Å². The quantitative estimate of drug-likeness (QED) is 0.214. The van der Waals surface area contributed by atoms with Crippen LogP contribution in [-0.2, 0) is 0 Å². The van der Waals surface area contributed by atoms with Crippen LogP contribution in [0.4, 0.5) is 35.1 Å². The van der Waals surface area contributed by atoms with Crippen molar-refractivity contribution in [2.75, 3.05) is 6.61 Å². The molecule has 0 aromatic rings. The van der Waals surface area contributed by atoms with Crippen LogP contribution in [0, 0.1) is 0 Å². The van der Waals surface area contributed by atoms with Gasteiger partial charge in [-0.1, -0.05) is 44.6 Å². The first-order valence-corrected chi connectivity index (χ1v) is 8.21. The maximum Gasteiger partial charge on any atom is 0.381 e. The van der Waals surface area contributed by atoms with Gasteiger partial charge in [0.1, 0.15) is 0 Å². The van der Waals surface area contributed by atoms with Gasteiger partial charge in [0, 0.05) is 6.61 Å². The standard InChI is InChI=1S/C16H24F8O/c17-13(18)15(21,22)16(23,24)14(19,20)11-9-7-5-3-1-2-4-6-8-10-12-25/h9,11,13,25H,1-8,10,12H2/b11-9+. The van der Waals surface area contributed by atoms with Crippen LogP contribution in [-0.4, -0.2) is 35.9 Å². The molecule has 0 aliphatic heterocycles. The van der Waals surface area contributed by atoms with E-state index in [1.807, 2.05) is 0 Å². The van der Waals surface area contributed by atoms with Crippen molar-refractivity contribution in [1.29, 1.82) is 0 Å². The van der Waals surface area contributed by atoms with Crippen molar-refractivity contribution < 1.29 is 40.2 Å². The van der Waals surface area contributed by atoms with Gasteiger partial charge in [0.25, 0.3) is 0 Å². The maximum atomic E-state index is 13.2. The molecule has 0 amide bonds. The molecule has 0 aliphatic rings. The van der Waals surface area contributed by atoms with Gasteiger partial charge >= 0.3 is 24.2 Å². The minimum absolute atomic E-state index is 0.0313. The van der Waals surface area contributed by atoms with Crippen molar-refractivity contribution in [3.63, 3.8) is 0 Å². The highest BCUT2D eigenvalue weighted by atomic mass is 19.4.